The van der Waals surface area contributed by atoms with Gasteiger partial charge >= 0.3 is 5.97 Å². The van der Waals surface area contributed by atoms with E-state index in [-0.39, 0.29) is 30.3 Å². The first kappa shape index (κ1) is 19.7. The summed E-state index contributed by atoms with van der Waals surface area (Å²) in [5.41, 5.74) is 3.76. The lowest BCUT2D eigenvalue weighted by molar-refractivity contribution is -0.150. The zero-order valence-electron chi connectivity index (χ0n) is 15.9. The van der Waals surface area contributed by atoms with Crippen molar-refractivity contribution in [2.75, 3.05) is 11.9 Å². The number of hydrogen-bond donors (Lipinski definition) is 1. The second-order valence-electron chi connectivity index (χ2n) is 6.75. The molecule has 0 aliphatic carbocycles. The largest absolute Gasteiger partial charge is 0.455 e. The van der Waals surface area contributed by atoms with Gasteiger partial charge in [-0.3, -0.25) is 9.59 Å². The SMILES string of the molecule is CC[C@H](C)[C@@H](C(=O)OCC(=O)Nc1ccc(C)cc1C)c1ccccc1. The predicted molar refractivity (Wildman–Crippen MR) is 104 cm³/mol. The summed E-state index contributed by atoms with van der Waals surface area (Å²) in [6.45, 7) is 7.71. The molecule has 4 nitrogen and oxygen atoms in total. The summed E-state index contributed by atoms with van der Waals surface area (Å²) in [6, 6.07) is 15.4. The molecule has 2 aromatic rings. The molecule has 0 spiro atoms. The molecule has 0 aliphatic heterocycles. The Hall–Kier alpha value is -2.62. The molecule has 0 aliphatic rings. The third kappa shape index (κ3) is 5.19. The first-order valence-corrected chi connectivity index (χ1v) is 9.01. The standard InChI is InChI=1S/C22H27NO3/c1-5-16(3)21(18-9-7-6-8-10-18)22(25)26-14-20(24)23-19-12-11-15(2)13-17(19)4/h6-13,16,21H,5,14H2,1-4H3,(H,23,24)/t16-,21+/m0/s1. The Bertz CT molecular complexity index is 755. The van der Waals surface area contributed by atoms with E-state index in [1.54, 1.807) is 0 Å². The highest BCUT2D eigenvalue weighted by Gasteiger charge is 2.27. The van der Waals surface area contributed by atoms with Crippen LogP contribution in [0.3, 0.4) is 0 Å². The monoisotopic (exact) mass is 353 g/mol. The molecule has 2 rings (SSSR count). The van der Waals surface area contributed by atoms with Crippen LogP contribution in [0.4, 0.5) is 5.69 Å². The van der Waals surface area contributed by atoms with Gasteiger partial charge in [0.1, 0.15) is 0 Å². The summed E-state index contributed by atoms with van der Waals surface area (Å²) < 4.78 is 5.33. The quantitative estimate of drug-likeness (QED) is 0.739. The van der Waals surface area contributed by atoms with Crippen molar-refractivity contribution < 1.29 is 14.3 Å². The predicted octanol–water partition coefficient (Wildman–Crippen LogP) is 4.62. The normalized spacial score (nSPS) is 12.9. The van der Waals surface area contributed by atoms with Crippen LogP contribution in [0.15, 0.2) is 48.5 Å². The van der Waals surface area contributed by atoms with Gasteiger partial charge in [-0.2, -0.15) is 0 Å². The van der Waals surface area contributed by atoms with Gasteiger partial charge in [-0.1, -0.05) is 68.3 Å². The van der Waals surface area contributed by atoms with Crippen molar-refractivity contribution in [3.8, 4) is 0 Å². The Kier molecular flexibility index (Phi) is 6.96. The van der Waals surface area contributed by atoms with Crippen molar-refractivity contribution in [2.24, 2.45) is 5.92 Å². The number of anilines is 1. The fraction of sp³-hybridized carbons (Fsp3) is 0.364. The molecule has 0 heterocycles. The van der Waals surface area contributed by atoms with Gasteiger partial charge in [-0.25, -0.2) is 0 Å². The minimum Gasteiger partial charge on any atom is -0.455 e. The van der Waals surface area contributed by atoms with Crippen LogP contribution < -0.4 is 5.32 Å². The molecule has 0 bridgehead atoms. The molecular formula is C22H27NO3. The van der Waals surface area contributed by atoms with Gasteiger partial charge in [0.15, 0.2) is 6.61 Å². The van der Waals surface area contributed by atoms with E-state index < -0.39 is 0 Å². The number of rotatable bonds is 7. The van der Waals surface area contributed by atoms with E-state index >= 15 is 0 Å². The number of carbonyl (C=O) groups excluding carboxylic acids is 2. The molecule has 0 saturated heterocycles. The van der Waals surface area contributed by atoms with E-state index in [0.717, 1.165) is 28.8 Å². The summed E-state index contributed by atoms with van der Waals surface area (Å²) in [6.07, 6.45) is 0.851. The number of benzene rings is 2. The van der Waals surface area contributed by atoms with Gasteiger partial charge in [-0.05, 0) is 37.0 Å². The van der Waals surface area contributed by atoms with Crippen LogP contribution in [0.5, 0.6) is 0 Å². The van der Waals surface area contributed by atoms with Gasteiger partial charge in [0, 0.05) is 5.69 Å². The van der Waals surface area contributed by atoms with Crippen LogP contribution in [-0.4, -0.2) is 18.5 Å². The molecule has 26 heavy (non-hydrogen) atoms. The zero-order valence-corrected chi connectivity index (χ0v) is 15.9. The maximum atomic E-state index is 12.6. The highest BCUT2D eigenvalue weighted by molar-refractivity contribution is 5.94. The topological polar surface area (TPSA) is 55.4 Å². The molecular weight excluding hydrogens is 326 g/mol. The minimum absolute atomic E-state index is 0.132. The van der Waals surface area contributed by atoms with Crippen LogP contribution in [0.2, 0.25) is 0 Å². The molecule has 0 fully saturated rings. The Morgan fingerprint density at radius 3 is 2.38 bits per heavy atom. The number of ether oxygens (including phenoxy) is 1. The van der Waals surface area contributed by atoms with Crippen molar-refractivity contribution in [3.63, 3.8) is 0 Å². The van der Waals surface area contributed by atoms with Crippen molar-refractivity contribution in [1.82, 2.24) is 0 Å². The van der Waals surface area contributed by atoms with Crippen LogP contribution in [0, 0.1) is 19.8 Å². The fourth-order valence-electron chi connectivity index (χ4n) is 2.96. The van der Waals surface area contributed by atoms with Gasteiger partial charge < -0.3 is 10.1 Å². The number of amides is 1. The number of nitrogens with one attached hydrogen (secondary N) is 1. The molecule has 4 heteroatoms. The van der Waals surface area contributed by atoms with Gasteiger partial charge in [-0.15, -0.1) is 0 Å². The van der Waals surface area contributed by atoms with E-state index in [1.165, 1.54) is 0 Å². The Morgan fingerprint density at radius 2 is 1.77 bits per heavy atom. The summed E-state index contributed by atoms with van der Waals surface area (Å²) in [7, 11) is 0. The molecule has 1 amide bonds. The average Bonchev–Trinajstić information content (AvgIpc) is 2.63. The fourth-order valence-corrected chi connectivity index (χ4v) is 2.96. The molecule has 138 valence electrons. The first-order chi connectivity index (χ1) is 12.4. The van der Waals surface area contributed by atoms with E-state index in [4.69, 9.17) is 4.74 Å². The van der Waals surface area contributed by atoms with Crippen LogP contribution in [0.1, 0.15) is 42.9 Å². The summed E-state index contributed by atoms with van der Waals surface area (Å²) in [4.78, 5) is 24.8. The summed E-state index contributed by atoms with van der Waals surface area (Å²) >= 11 is 0. The van der Waals surface area contributed by atoms with Crippen LogP contribution >= 0.6 is 0 Å². The molecule has 2 aromatic carbocycles. The third-order valence-corrected chi connectivity index (χ3v) is 4.63. The van der Waals surface area contributed by atoms with Crippen LogP contribution in [-0.2, 0) is 14.3 Å². The number of carbonyl (C=O) groups is 2. The first-order valence-electron chi connectivity index (χ1n) is 9.01. The molecule has 0 saturated carbocycles. The van der Waals surface area contributed by atoms with Crippen molar-refractivity contribution >= 4 is 17.6 Å². The smallest absolute Gasteiger partial charge is 0.314 e. The highest BCUT2D eigenvalue weighted by Crippen LogP contribution is 2.28. The average molecular weight is 353 g/mol. The summed E-state index contributed by atoms with van der Waals surface area (Å²) in [5, 5.41) is 2.80. The maximum Gasteiger partial charge on any atom is 0.314 e. The summed E-state index contributed by atoms with van der Waals surface area (Å²) in [5.74, 6) is -0.926. The third-order valence-electron chi connectivity index (χ3n) is 4.63. The van der Waals surface area contributed by atoms with E-state index in [1.807, 2.05) is 76.2 Å². The Morgan fingerprint density at radius 1 is 1.08 bits per heavy atom. The van der Waals surface area contributed by atoms with Crippen molar-refractivity contribution in [3.05, 3.63) is 65.2 Å². The van der Waals surface area contributed by atoms with Gasteiger partial charge in [0.25, 0.3) is 5.91 Å². The molecule has 0 radical (unpaired) electrons. The van der Waals surface area contributed by atoms with Gasteiger partial charge in [0.05, 0.1) is 5.92 Å². The van der Waals surface area contributed by atoms with Crippen molar-refractivity contribution in [2.45, 2.75) is 40.0 Å². The lowest BCUT2D eigenvalue weighted by atomic mass is 9.86. The number of aryl methyl sites for hydroxylation is 2. The van der Waals surface area contributed by atoms with E-state index in [0.29, 0.717) is 0 Å². The zero-order chi connectivity index (χ0) is 19.1. The highest BCUT2D eigenvalue weighted by atomic mass is 16.5. The lowest BCUT2D eigenvalue weighted by Crippen LogP contribution is -2.27. The van der Waals surface area contributed by atoms with E-state index in [9.17, 15) is 9.59 Å². The molecule has 1 N–H and O–H groups in total. The second kappa shape index (κ2) is 9.18. The molecule has 0 aromatic heterocycles. The second-order valence-corrected chi connectivity index (χ2v) is 6.75. The lowest BCUT2D eigenvalue weighted by Gasteiger charge is -2.21. The Balaban J connectivity index is 1.99. The van der Waals surface area contributed by atoms with Gasteiger partial charge in [0.2, 0.25) is 0 Å². The molecule has 0 unspecified atom stereocenters. The minimum atomic E-state index is -0.366. The molecule has 2 atom stereocenters. The van der Waals surface area contributed by atoms with Crippen LogP contribution in [0.25, 0.3) is 0 Å². The maximum absolute atomic E-state index is 12.6. The number of esters is 1. The van der Waals surface area contributed by atoms with E-state index in [2.05, 4.69) is 5.32 Å². The Labute approximate surface area is 155 Å². The van der Waals surface area contributed by atoms with Crippen molar-refractivity contribution in [1.29, 1.82) is 0 Å². The number of hydrogen-bond acceptors (Lipinski definition) is 3.